The van der Waals surface area contributed by atoms with Crippen LogP contribution in [0.15, 0.2) is 29.8 Å². The van der Waals surface area contributed by atoms with E-state index in [1.54, 1.807) is 5.51 Å². The fourth-order valence-corrected chi connectivity index (χ4v) is 2.84. The highest BCUT2D eigenvalue weighted by Crippen LogP contribution is 2.23. The zero-order valence-corrected chi connectivity index (χ0v) is 12.6. The summed E-state index contributed by atoms with van der Waals surface area (Å²) in [4.78, 5) is 16.7. The number of nitrogens with one attached hydrogen (secondary N) is 1. The quantitative estimate of drug-likeness (QED) is 0.807. The molecule has 0 spiro atoms. The fourth-order valence-electron chi connectivity index (χ4n) is 2.38. The second-order valence-corrected chi connectivity index (χ2v) is 5.62. The molecule has 106 valence electrons. The third kappa shape index (κ3) is 2.75. The summed E-state index contributed by atoms with van der Waals surface area (Å²) in [5.41, 5.74) is 5.50. The van der Waals surface area contributed by atoms with Crippen LogP contribution < -0.4 is 5.32 Å². The summed E-state index contributed by atoms with van der Waals surface area (Å²) in [6.07, 6.45) is 0.287. The summed E-state index contributed by atoms with van der Waals surface area (Å²) in [6.45, 7) is 3.97. The Morgan fingerprint density at radius 3 is 2.86 bits per heavy atom. The van der Waals surface area contributed by atoms with Crippen LogP contribution in [0, 0.1) is 13.8 Å². The van der Waals surface area contributed by atoms with Crippen molar-refractivity contribution in [1.82, 2.24) is 15.2 Å². The molecule has 2 heterocycles. The lowest BCUT2D eigenvalue weighted by atomic mass is 9.99. The highest BCUT2D eigenvalue weighted by molar-refractivity contribution is 7.13. The summed E-state index contributed by atoms with van der Waals surface area (Å²) in [7, 11) is 0. The molecule has 1 amide bonds. The third-order valence-corrected chi connectivity index (χ3v) is 4.04. The molecule has 0 fully saturated rings. The van der Waals surface area contributed by atoms with Crippen LogP contribution in [-0.4, -0.2) is 21.1 Å². The van der Waals surface area contributed by atoms with Gasteiger partial charge in [-0.3, -0.25) is 9.78 Å². The summed E-state index contributed by atoms with van der Waals surface area (Å²) in [5.74, 6) is -0.102. The van der Waals surface area contributed by atoms with E-state index in [9.17, 15) is 4.79 Å². The molecule has 1 aromatic carbocycles. The van der Waals surface area contributed by atoms with Crippen LogP contribution >= 0.6 is 11.3 Å². The molecule has 1 N–H and O–H groups in total. The first-order valence-corrected chi connectivity index (χ1v) is 7.44. The molecule has 5 nitrogen and oxygen atoms in total. The van der Waals surface area contributed by atoms with Crippen molar-refractivity contribution in [2.24, 2.45) is 0 Å². The lowest BCUT2D eigenvalue weighted by molar-refractivity contribution is -0.115. The Labute approximate surface area is 126 Å². The maximum absolute atomic E-state index is 12.1. The van der Waals surface area contributed by atoms with Crippen molar-refractivity contribution in [1.29, 1.82) is 0 Å². The molecule has 2 aromatic heterocycles. The molecule has 0 aliphatic rings. The Morgan fingerprint density at radius 2 is 2.10 bits per heavy atom. The SMILES string of the molecule is Cc1nc2ccccc2c(C)c1CC(=O)Nc1nncs1. The molecule has 0 saturated heterocycles. The third-order valence-electron chi connectivity index (χ3n) is 3.43. The number of carbonyl (C=O) groups excluding carboxylic acids is 1. The van der Waals surface area contributed by atoms with Gasteiger partial charge in [-0.25, -0.2) is 0 Å². The van der Waals surface area contributed by atoms with Gasteiger partial charge in [0.25, 0.3) is 0 Å². The Bertz CT molecular complexity index is 799. The van der Waals surface area contributed by atoms with Gasteiger partial charge in [-0.15, -0.1) is 10.2 Å². The molecule has 0 bridgehead atoms. The fraction of sp³-hybridized carbons (Fsp3) is 0.200. The number of hydrogen-bond acceptors (Lipinski definition) is 5. The first-order valence-electron chi connectivity index (χ1n) is 6.56. The standard InChI is InChI=1S/C15H14N4OS/c1-9-11-5-3-4-6-13(11)17-10(2)12(9)7-14(20)18-15-19-16-8-21-15/h3-6,8H,7H2,1-2H3,(H,18,19,20). The number of pyridine rings is 1. The van der Waals surface area contributed by atoms with Crippen molar-refractivity contribution in [2.75, 3.05) is 5.32 Å². The molecule has 3 rings (SSSR count). The lowest BCUT2D eigenvalue weighted by Gasteiger charge is -2.12. The minimum Gasteiger partial charge on any atom is -0.300 e. The number of benzene rings is 1. The Morgan fingerprint density at radius 1 is 1.29 bits per heavy atom. The topological polar surface area (TPSA) is 67.8 Å². The van der Waals surface area contributed by atoms with Crippen molar-refractivity contribution in [3.63, 3.8) is 0 Å². The Kier molecular flexibility index (Phi) is 3.62. The van der Waals surface area contributed by atoms with E-state index in [0.29, 0.717) is 5.13 Å². The molecule has 3 aromatic rings. The molecule has 0 aliphatic carbocycles. The van der Waals surface area contributed by atoms with Gasteiger partial charge in [-0.05, 0) is 31.0 Å². The summed E-state index contributed by atoms with van der Waals surface area (Å²) in [6, 6.07) is 7.97. The summed E-state index contributed by atoms with van der Waals surface area (Å²) in [5, 5.41) is 11.9. The number of aromatic nitrogens is 3. The maximum Gasteiger partial charge on any atom is 0.230 e. The van der Waals surface area contributed by atoms with Gasteiger partial charge in [0.05, 0.1) is 11.9 Å². The molecule has 0 unspecified atom stereocenters. The second kappa shape index (κ2) is 5.57. The first kappa shape index (κ1) is 13.6. The Balaban J connectivity index is 1.91. The number of amides is 1. The highest BCUT2D eigenvalue weighted by atomic mass is 32.1. The molecular weight excluding hydrogens is 284 g/mol. The van der Waals surface area contributed by atoms with Crippen LogP contribution in [-0.2, 0) is 11.2 Å². The van der Waals surface area contributed by atoms with Crippen molar-refractivity contribution in [2.45, 2.75) is 20.3 Å². The van der Waals surface area contributed by atoms with E-state index in [2.05, 4.69) is 20.5 Å². The van der Waals surface area contributed by atoms with Gasteiger partial charge in [0.15, 0.2) is 0 Å². The molecule has 21 heavy (non-hydrogen) atoms. The van der Waals surface area contributed by atoms with Crippen LogP contribution in [0.5, 0.6) is 0 Å². The highest BCUT2D eigenvalue weighted by Gasteiger charge is 2.13. The summed E-state index contributed by atoms with van der Waals surface area (Å²) < 4.78 is 0. The number of carbonyl (C=O) groups is 1. The zero-order chi connectivity index (χ0) is 14.8. The van der Waals surface area contributed by atoms with Gasteiger partial charge in [-0.2, -0.15) is 0 Å². The Hall–Kier alpha value is -2.34. The second-order valence-electron chi connectivity index (χ2n) is 4.79. The predicted molar refractivity (Wildman–Crippen MR) is 83.5 cm³/mol. The van der Waals surface area contributed by atoms with Crippen molar-refractivity contribution < 1.29 is 4.79 Å². The van der Waals surface area contributed by atoms with Gasteiger partial charge >= 0.3 is 0 Å². The molecular formula is C15H14N4OS. The lowest BCUT2D eigenvalue weighted by Crippen LogP contribution is -2.16. The molecule has 0 radical (unpaired) electrons. The average Bonchev–Trinajstić information content (AvgIpc) is 2.96. The van der Waals surface area contributed by atoms with Gasteiger partial charge in [0.2, 0.25) is 11.0 Å². The van der Waals surface area contributed by atoms with Crippen LogP contribution in [0.4, 0.5) is 5.13 Å². The van der Waals surface area contributed by atoms with Crippen molar-refractivity contribution in [3.8, 4) is 0 Å². The normalized spacial score (nSPS) is 10.8. The monoisotopic (exact) mass is 298 g/mol. The predicted octanol–water partition coefficient (Wildman–Crippen LogP) is 2.88. The van der Waals surface area contributed by atoms with E-state index in [1.165, 1.54) is 11.3 Å². The first-order chi connectivity index (χ1) is 10.1. The van der Waals surface area contributed by atoms with Crippen molar-refractivity contribution in [3.05, 3.63) is 46.6 Å². The van der Waals surface area contributed by atoms with Gasteiger partial charge in [0.1, 0.15) is 5.51 Å². The van der Waals surface area contributed by atoms with E-state index in [4.69, 9.17) is 0 Å². The van der Waals surface area contributed by atoms with E-state index in [-0.39, 0.29) is 12.3 Å². The smallest absolute Gasteiger partial charge is 0.230 e. The minimum absolute atomic E-state index is 0.102. The number of hydrogen-bond donors (Lipinski definition) is 1. The van der Waals surface area contributed by atoms with Crippen LogP contribution in [0.25, 0.3) is 10.9 Å². The van der Waals surface area contributed by atoms with Gasteiger partial charge in [0, 0.05) is 11.1 Å². The van der Waals surface area contributed by atoms with E-state index in [1.807, 2.05) is 38.1 Å². The molecule has 6 heteroatoms. The summed E-state index contributed by atoms with van der Waals surface area (Å²) >= 11 is 1.30. The molecule has 0 atom stereocenters. The van der Waals surface area contributed by atoms with Gasteiger partial charge in [-0.1, -0.05) is 29.5 Å². The van der Waals surface area contributed by atoms with Crippen LogP contribution in [0.3, 0.4) is 0 Å². The number of para-hydroxylation sites is 1. The van der Waals surface area contributed by atoms with E-state index >= 15 is 0 Å². The molecule has 0 aliphatic heterocycles. The average molecular weight is 298 g/mol. The van der Waals surface area contributed by atoms with Crippen LogP contribution in [0.2, 0.25) is 0 Å². The van der Waals surface area contributed by atoms with Crippen molar-refractivity contribution >= 4 is 33.3 Å². The minimum atomic E-state index is -0.102. The number of rotatable bonds is 3. The number of anilines is 1. The molecule has 0 saturated carbocycles. The number of aryl methyl sites for hydroxylation is 2. The van der Waals surface area contributed by atoms with E-state index < -0.39 is 0 Å². The van der Waals surface area contributed by atoms with Crippen LogP contribution in [0.1, 0.15) is 16.8 Å². The number of fused-ring (bicyclic) bond motifs is 1. The maximum atomic E-state index is 12.1. The van der Waals surface area contributed by atoms with Gasteiger partial charge < -0.3 is 5.32 Å². The van der Waals surface area contributed by atoms with E-state index in [0.717, 1.165) is 27.7 Å². The number of nitrogens with zero attached hydrogens (tertiary/aromatic N) is 3. The zero-order valence-electron chi connectivity index (χ0n) is 11.8. The largest absolute Gasteiger partial charge is 0.300 e.